The number of ketones is 2. The Balaban J connectivity index is 2.31. The van der Waals surface area contributed by atoms with Gasteiger partial charge in [0, 0.05) is 40.9 Å². The molecule has 2 aromatic carbocycles. The summed E-state index contributed by atoms with van der Waals surface area (Å²) in [5.41, 5.74) is 2.37. The van der Waals surface area contributed by atoms with Crippen LogP contribution in [0.4, 0.5) is 5.69 Å². The molecule has 0 bridgehead atoms. The van der Waals surface area contributed by atoms with Gasteiger partial charge in [0.1, 0.15) is 6.10 Å². The molecule has 0 heterocycles. The molecule has 0 radical (unpaired) electrons. The van der Waals surface area contributed by atoms with Gasteiger partial charge in [0.15, 0.2) is 17.9 Å². The van der Waals surface area contributed by atoms with Crippen LogP contribution in [0.25, 0.3) is 0 Å². The Morgan fingerprint density at radius 3 is 2.35 bits per heavy atom. The van der Waals surface area contributed by atoms with Crippen molar-refractivity contribution in [1.29, 1.82) is 0 Å². The number of carbonyl (C=O) groups is 4. The van der Waals surface area contributed by atoms with Crippen LogP contribution in [0.5, 0.6) is 0 Å². The van der Waals surface area contributed by atoms with E-state index in [-0.39, 0.29) is 23.3 Å². The third-order valence-corrected chi connectivity index (χ3v) is 4.68. The average molecular weight is 421 g/mol. The van der Waals surface area contributed by atoms with Crippen LogP contribution in [0.15, 0.2) is 54.6 Å². The standard InChI is InChI=1S/C25H27NO5/c1-5-26-24-19(13-17(4)31-25(30)16(2)3)11-12-20(21(24)15-27)23(29)14-22(28)18-9-7-6-8-10-18/h6-12,15,17,26H,2,5,13-14H2,1,3-4H3. The quantitative estimate of drug-likeness (QED) is 0.190. The average Bonchev–Trinajstić information content (AvgIpc) is 2.75. The molecule has 6 nitrogen and oxygen atoms in total. The molecule has 2 rings (SSSR count). The Bertz CT molecular complexity index is 994. The molecule has 1 unspecified atom stereocenters. The van der Waals surface area contributed by atoms with E-state index in [1.807, 2.05) is 6.92 Å². The van der Waals surface area contributed by atoms with Crippen molar-refractivity contribution in [1.82, 2.24) is 0 Å². The minimum atomic E-state index is -0.487. The first kappa shape index (κ1) is 23.7. The van der Waals surface area contributed by atoms with E-state index in [2.05, 4.69) is 11.9 Å². The molecule has 162 valence electrons. The van der Waals surface area contributed by atoms with E-state index >= 15 is 0 Å². The highest BCUT2D eigenvalue weighted by atomic mass is 16.5. The van der Waals surface area contributed by atoms with Gasteiger partial charge in [-0.25, -0.2) is 4.79 Å². The molecule has 0 aliphatic heterocycles. The Kier molecular flexibility index (Phi) is 8.43. The van der Waals surface area contributed by atoms with Crippen molar-refractivity contribution in [3.8, 4) is 0 Å². The second-order valence-electron chi connectivity index (χ2n) is 7.30. The van der Waals surface area contributed by atoms with Crippen LogP contribution in [0, 0.1) is 0 Å². The summed E-state index contributed by atoms with van der Waals surface area (Å²) in [5.74, 6) is -1.22. The highest BCUT2D eigenvalue weighted by molar-refractivity contribution is 6.16. The molecule has 0 fully saturated rings. The molecule has 1 N–H and O–H groups in total. The lowest BCUT2D eigenvalue weighted by molar-refractivity contribution is -0.143. The molecule has 2 aromatic rings. The van der Waals surface area contributed by atoms with E-state index in [1.165, 1.54) is 0 Å². The first-order valence-corrected chi connectivity index (χ1v) is 10.1. The van der Waals surface area contributed by atoms with Crippen LogP contribution < -0.4 is 5.32 Å². The lowest BCUT2D eigenvalue weighted by atomic mass is 9.93. The topological polar surface area (TPSA) is 89.5 Å². The van der Waals surface area contributed by atoms with E-state index in [0.29, 0.717) is 36.1 Å². The molecule has 0 aliphatic rings. The summed E-state index contributed by atoms with van der Waals surface area (Å²) in [6.45, 7) is 9.28. The molecule has 0 saturated carbocycles. The molecular formula is C25H27NO5. The largest absolute Gasteiger partial charge is 0.459 e. The van der Waals surface area contributed by atoms with Crippen LogP contribution in [0.1, 0.15) is 63.8 Å². The van der Waals surface area contributed by atoms with E-state index in [9.17, 15) is 19.2 Å². The second-order valence-corrected chi connectivity index (χ2v) is 7.30. The summed E-state index contributed by atoms with van der Waals surface area (Å²) in [7, 11) is 0. The fraction of sp³-hybridized carbons (Fsp3) is 0.280. The predicted molar refractivity (Wildman–Crippen MR) is 120 cm³/mol. The highest BCUT2D eigenvalue weighted by Crippen LogP contribution is 2.27. The number of carbonyl (C=O) groups excluding carboxylic acids is 4. The molecular weight excluding hydrogens is 394 g/mol. The number of benzene rings is 2. The van der Waals surface area contributed by atoms with E-state index in [1.54, 1.807) is 56.3 Å². The molecule has 0 spiro atoms. The Hall–Kier alpha value is -3.54. The lowest BCUT2D eigenvalue weighted by Gasteiger charge is -2.19. The summed E-state index contributed by atoms with van der Waals surface area (Å²) >= 11 is 0. The van der Waals surface area contributed by atoms with Gasteiger partial charge in [-0.1, -0.05) is 49.0 Å². The molecule has 6 heteroatoms. The first-order valence-electron chi connectivity index (χ1n) is 10.1. The summed E-state index contributed by atoms with van der Waals surface area (Å²) in [6, 6.07) is 11.8. The summed E-state index contributed by atoms with van der Waals surface area (Å²) < 4.78 is 5.34. The van der Waals surface area contributed by atoms with Crippen LogP contribution >= 0.6 is 0 Å². The number of rotatable bonds is 11. The van der Waals surface area contributed by atoms with Gasteiger partial charge in [0.25, 0.3) is 0 Å². The minimum absolute atomic E-state index is 0.186. The van der Waals surface area contributed by atoms with Gasteiger partial charge < -0.3 is 10.1 Å². The molecule has 0 amide bonds. The van der Waals surface area contributed by atoms with Crippen LogP contribution in [-0.4, -0.2) is 36.5 Å². The van der Waals surface area contributed by atoms with E-state index in [4.69, 9.17) is 4.74 Å². The van der Waals surface area contributed by atoms with Gasteiger partial charge >= 0.3 is 5.97 Å². The van der Waals surface area contributed by atoms with Gasteiger partial charge in [0.05, 0.1) is 6.42 Å². The normalized spacial score (nSPS) is 11.3. The molecule has 0 saturated heterocycles. The van der Waals surface area contributed by atoms with Gasteiger partial charge in [0.2, 0.25) is 0 Å². The van der Waals surface area contributed by atoms with Gasteiger partial charge in [-0.05, 0) is 26.3 Å². The van der Waals surface area contributed by atoms with Gasteiger partial charge in [-0.3, -0.25) is 14.4 Å². The maximum Gasteiger partial charge on any atom is 0.333 e. The molecule has 31 heavy (non-hydrogen) atoms. The molecule has 1 atom stereocenters. The number of anilines is 1. The van der Waals surface area contributed by atoms with Crippen LogP contribution in [0.2, 0.25) is 0 Å². The zero-order chi connectivity index (χ0) is 23.0. The number of Topliss-reactive ketones (excluding diaryl/α,β-unsaturated/α-hetero) is 2. The fourth-order valence-corrected chi connectivity index (χ4v) is 3.19. The second kappa shape index (κ2) is 11.0. The third-order valence-electron chi connectivity index (χ3n) is 4.68. The minimum Gasteiger partial charge on any atom is -0.459 e. The number of ether oxygens (including phenoxy) is 1. The number of esters is 1. The fourth-order valence-electron chi connectivity index (χ4n) is 3.19. The molecule has 0 aromatic heterocycles. The third kappa shape index (κ3) is 6.22. The zero-order valence-electron chi connectivity index (χ0n) is 18.1. The molecule has 0 aliphatic carbocycles. The van der Waals surface area contributed by atoms with Crippen LogP contribution in [-0.2, 0) is 16.0 Å². The van der Waals surface area contributed by atoms with Crippen LogP contribution in [0.3, 0.4) is 0 Å². The Labute approximate surface area is 182 Å². The van der Waals surface area contributed by atoms with E-state index < -0.39 is 17.9 Å². The Morgan fingerprint density at radius 2 is 1.77 bits per heavy atom. The number of hydrogen-bond donors (Lipinski definition) is 1. The van der Waals surface area contributed by atoms with Crippen molar-refractivity contribution in [2.24, 2.45) is 0 Å². The number of hydrogen-bond acceptors (Lipinski definition) is 6. The predicted octanol–water partition coefficient (Wildman–Crippen LogP) is 4.44. The summed E-state index contributed by atoms with van der Waals surface area (Å²) in [6.07, 6.45) is 0.177. The van der Waals surface area contributed by atoms with Crippen molar-refractivity contribution in [3.63, 3.8) is 0 Å². The van der Waals surface area contributed by atoms with Crippen molar-refractivity contribution in [3.05, 3.63) is 76.9 Å². The highest BCUT2D eigenvalue weighted by Gasteiger charge is 2.22. The van der Waals surface area contributed by atoms with Crippen molar-refractivity contribution in [2.45, 2.75) is 39.7 Å². The van der Waals surface area contributed by atoms with Gasteiger partial charge in [-0.15, -0.1) is 0 Å². The smallest absolute Gasteiger partial charge is 0.333 e. The monoisotopic (exact) mass is 421 g/mol. The van der Waals surface area contributed by atoms with E-state index in [0.717, 1.165) is 5.56 Å². The SMILES string of the molecule is C=C(C)C(=O)OC(C)Cc1ccc(C(=O)CC(=O)c2ccccc2)c(C=O)c1NCC. The maximum absolute atomic E-state index is 12.8. The number of aldehydes is 1. The summed E-state index contributed by atoms with van der Waals surface area (Å²) in [4.78, 5) is 48.9. The zero-order valence-corrected chi connectivity index (χ0v) is 18.1. The lowest BCUT2D eigenvalue weighted by Crippen LogP contribution is -2.20. The number of nitrogens with one attached hydrogen (secondary N) is 1. The maximum atomic E-state index is 12.8. The first-order chi connectivity index (χ1) is 14.8. The summed E-state index contributed by atoms with van der Waals surface area (Å²) in [5, 5.41) is 3.13. The van der Waals surface area contributed by atoms with Crippen molar-refractivity contribution < 1.29 is 23.9 Å². The van der Waals surface area contributed by atoms with Crippen molar-refractivity contribution in [2.75, 3.05) is 11.9 Å². The Morgan fingerprint density at radius 1 is 1.10 bits per heavy atom. The van der Waals surface area contributed by atoms with Crippen molar-refractivity contribution >= 4 is 29.5 Å². The van der Waals surface area contributed by atoms with Gasteiger partial charge in [-0.2, -0.15) is 0 Å².